The van der Waals surface area contributed by atoms with Crippen LogP contribution in [0.1, 0.15) is 35.7 Å². The fraction of sp³-hybridized carbons (Fsp3) is 0.222. The van der Waals surface area contributed by atoms with E-state index in [0.717, 1.165) is 10.7 Å². The monoisotopic (exact) mass is 310 g/mol. The first-order chi connectivity index (χ1) is 11.1. The number of aromatic hydroxyl groups is 1. The van der Waals surface area contributed by atoms with Gasteiger partial charge in [0.2, 0.25) is 0 Å². The topological polar surface area (TPSA) is 73.1 Å². The first kappa shape index (κ1) is 15.2. The van der Waals surface area contributed by atoms with E-state index in [2.05, 4.69) is 5.10 Å². The van der Waals surface area contributed by atoms with Crippen molar-refractivity contribution in [1.29, 1.82) is 0 Å². The van der Waals surface area contributed by atoms with Gasteiger partial charge in [0.1, 0.15) is 5.75 Å². The van der Waals surface area contributed by atoms with Gasteiger partial charge in [-0.1, -0.05) is 49.4 Å². The number of phenolic OH excluding ortho intramolecular Hbond substituents is 1. The molecule has 1 amide bonds. The lowest BCUT2D eigenvalue weighted by Crippen LogP contribution is -2.43. The van der Waals surface area contributed by atoms with E-state index >= 15 is 0 Å². The van der Waals surface area contributed by atoms with Gasteiger partial charge in [0.15, 0.2) is 5.72 Å². The summed E-state index contributed by atoms with van der Waals surface area (Å²) in [5, 5.41) is 26.5. The summed E-state index contributed by atoms with van der Waals surface area (Å²) in [6.45, 7) is 1.93. The zero-order valence-corrected chi connectivity index (χ0v) is 12.8. The van der Waals surface area contributed by atoms with Crippen molar-refractivity contribution >= 4 is 11.6 Å². The quantitative estimate of drug-likeness (QED) is 0.915. The molecule has 2 aromatic carbocycles. The molecule has 0 spiro atoms. The second-order valence-electron chi connectivity index (χ2n) is 5.51. The second-order valence-corrected chi connectivity index (χ2v) is 5.51. The summed E-state index contributed by atoms with van der Waals surface area (Å²) >= 11 is 0. The first-order valence-corrected chi connectivity index (χ1v) is 7.53. The van der Waals surface area contributed by atoms with Gasteiger partial charge in [-0.05, 0) is 18.6 Å². The van der Waals surface area contributed by atoms with Crippen LogP contribution in [0.4, 0.5) is 0 Å². The van der Waals surface area contributed by atoms with E-state index in [4.69, 9.17) is 0 Å². The molecule has 0 saturated heterocycles. The molecule has 0 radical (unpaired) electrons. The van der Waals surface area contributed by atoms with Crippen LogP contribution in [0.3, 0.4) is 0 Å². The van der Waals surface area contributed by atoms with E-state index in [1.54, 1.807) is 36.4 Å². The third-order valence-electron chi connectivity index (χ3n) is 4.01. The van der Waals surface area contributed by atoms with Gasteiger partial charge in [-0.3, -0.25) is 4.79 Å². The van der Waals surface area contributed by atoms with Gasteiger partial charge >= 0.3 is 0 Å². The molecule has 5 heteroatoms. The second kappa shape index (κ2) is 5.85. The van der Waals surface area contributed by atoms with Gasteiger partial charge in [-0.2, -0.15) is 10.1 Å². The molecule has 0 saturated carbocycles. The molecule has 2 N–H and O–H groups in total. The Morgan fingerprint density at radius 3 is 2.48 bits per heavy atom. The van der Waals surface area contributed by atoms with Gasteiger partial charge in [0.05, 0.1) is 5.56 Å². The predicted octanol–water partition coefficient (Wildman–Crippen LogP) is 2.85. The molecule has 1 aliphatic rings. The molecule has 5 nitrogen and oxygen atoms in total. The fourth-order valence-electron chi connectivity index (χ4n) is 2.73. The van der Waals surface area contributed by atoms with Crippen LogP contribution >= 0.6 is 0 Å². The third kappa shape index (κ3) is 2.59. The summed E-state index contributed by atoms with van der Waals surface area (Å²) in [5.74, 6) is -0.661. The van der Waals surface area contributed by atoms with Crippen LogP contribution < -0.4 is 0 Å². The molecule has 1 heterocycles. The number of amides is 1. The maximum absolute atomic E-state index is 12.8. The number of nitrogens with zero attached hydrogens (tertiary/aromatic N) is 2. The van der Waals surface area contributed by atoms with Crippen molar-refractivity contribution in [1.82, 2.24) is 5.01 Å². The van der Waals surface area contributed by atoms with Gasteiger partial charge < -0.3 is 10.2 Å². The summed E-state index contributed by atoms with van der Waals surface area (Å²) in [6, 6.07) is 15.2. The minimum atomic E-state index is -1.54. The van der Waals surface area contributed by atoms with Crippen molar-refractivity contribution in [3.63, 3.8) is 0 Å². The minimum Gasteiger partial charge on any atom is -0.507 e. The van der Waals surface area contributed by atoms with Crippen molar-refractivity contribution in [3.8, 4) is 5.75 Å². The number of carbonyl (C=O) groups excluding carboxylic acids is 1. The molecule has 1 atom stereocenters. The normalized spacial score (nSPS) is 20.4. The van der Waals surface area contributed by atoms with Crippen LogP contribution in [-0.2, 0) is 5.72 Å². The molecule has 118 valence electrons. The number of hydrogen-bond acceptors (Lipinski definition) is 4. The van der Waals surface area contributed by atoms with Crippen LogP contribution in [0, 0.1) is 0 Å². The highest BCUT2D eigenvalue weighted by Gasteiger charge is 2.46. The summed E-state index contributed by atoms with van der Waals surface area (Å²) < 4.78 is 0. The number of carbonyl (C=O) groups is 1. The lowest BCUT2D eigenvalue weighted by Gasteiger charge is -2.31. The molecule has 3 rings (SSSR count). The standard InChI is InChI=1S/C18H18N2O3/c1-2-14-12-18(23,13-8-4-3-5-9-13)20(19-14)17(22)15-10-6-7-11-16(15)21/h3-11,21,23H,2,12H2,1H3. The van der Waals surface area contributed by atoms with Crippen LogP contribution in [0.25, 0.3) is 0 Å². The van der Waals surface area contributed by atoms with Crippen molar-refractivity contribution in [2.75, 3.05) is 0 Å². The summed E-state index contributed by atoms with van der Waals surface area (Å²) in [7, 11) is 0. The van der Waals surface area contributed by atoms with Gasteiger partial charge in [0, 0.05) is 17.7 Å². The average molecular weight is 310 g/mol. The number of benzene rings is 2. The molecule has 1 unspecified atom stereocenters. The number of aliphatic hydroxyl groups is 1. The van der Waals surface area contributed by atoms with Crippen molar-refractivity contribution in [3.05, 3.63) is 65.7 Å². The zero-order valence-electron chi connectivity index (χ0n) is 12.8. The Hall–Kier alpha value is -2.66. The van der Waals surface area contributed by atoms with Crippen LogP contribution in [0.2, 0.25) is 0 Å². The highest BCUT2D eigenvalue weighted by Crippen LogP contribution is 2.37. The molecule has 0 bridgehead atoms. The van der Waals surface area contributed by atoms with Crippen LogP contribution in [0.15, 0.2) is 59.7 Å². The molecule has 0 aliphatic carbocycles. The number of phenols is 1. The average Bonchev–Trinajstić information content (AvgIpc) is 2.94. The molecule has 0 fully saturated rings. The highest BCUT2D eigenvalue weighted by molar-refractivity contribution is 6.00. The zero-order chi connectivity index (χ0) is 16.4. The SMILES string of the molecule is CCC1=NN(C(=O)c2ccccc2O)C(O)(c2ccccc2)C1. The summed E-state index contributed by atoms with van der Waals surface area (Å²) in [6.07, 6.45) is 0.895. The van der Waals surface area contributed by atoms with E-state index in [9.17, 15) is 15.0 Å². The lowest BCUT2D eigenvalue weighted by atomic mass is 9.96. The highest BCUT2D eigenvalue weighted by atomic mass is 16.3. The Balaban J connectivity index is 2.05. The smallest absolute Gasteiger partial charge is 0.280 e. The number of hydrazone groups is 1. The Morgan fingerprint density at radius 2 is 1.83 bits per heavy atom. The van der Waals surface area contributed by atoms with Crippen molar-refractivity contribution in [2.45, 2.75) is 25.5 Å². The molecule has 23 heavy (non-hydrogen) atoms. The van der Waals surface area contributed by atoms with Crippen LogP contribution in [-0.4, -0.2) is 26.8 Å². The number of para-hydroxylation sites is 1. The fourth-order valence-corrected chi connectivity index (χ4v) is 2.73. The Bertz CT molecular complexity index is 758. The Kier molecular flexibility index (Phi) is 3.88. The largest absolute Gasteiger partial charge is 0.507 e. The Morgan fingerprint density at radius 1 is 1.17 bits per heavy atom. The third-order valence-corrected chi connectivity index (χ3v) is 4.01. The summed E-state index contributed by atoms with van der Waals surface area (Å²) in [4.78, 5) is 12.8. The first-order valence-electron chi connectivity index (χ1n) is 7.53. The van der Waals surface area contributed by atoms with Gasteiger partial charge in [-0.25, -0.2) is 0 Å². The summed E-state index contributed by atoms with van der Waals surface area (Å²) in [5.41, 5.74) is -0.0922. The number of rotatable bonds is 3. The van der Waals surface area contributed by atoms with Crippen LogP contribution in [0.5, 0.6) is 5.75 Å². The van der Waals surface area contributed by atoms with Crippen molar-refractivity contribution < 1.29 is 15.0 Å². The van der Waals surface area contributed by atoms with Gasteiger partial charge in [0.25, 0.3) is 5.91 Å². The maximum atomic E-state index is 12.8. The minimum absolute atomic E-state index is 0.114. The van der Waals surface area contributed by atoms with E-state index in [1.807, 2.05) is 13.0 Å². The maximum Gasteiger partial charge on any atom is 0.280 e. The van der Waals surface area contributed by atoms with Gasteiger partial charge in [-0.15, -0.1) is 0 Å². The molecular weight excluding hydrogens is 292 g/mol. The molecule has 2 aromatic rings. The Labute approximate surface area is 134 Å². The van der Waals surface area contributed by atoms with E-state index < -0.39 is 11.6 Å². The number of hydrogen-bond donors (Lipinski definition) is 2. The molecular formula is C18H18N2O3. The van der Waals surface area contributed by atoms with E-state index in [1.165, 1.54) is 12.1 Å². The molecule has 1 aliphatic heterocycles. The predicted molar refractivity (Wildman–Crippen MR) is 87.0 cm³/mol. The lowest BCUT2D eigenvalue weighted by molar-refractivity contribution is -0.0766. The van der Waals surface area contributed by atoms with E-state index in [0.29, 0.717) is 12.0 Å². The van der Waals surface area contributed by atoms with E-state index in [-0.39, 0.29) is 17.7 Å². The van der Waals surface area contributed by atoms with Crippen molar-refractivity contribution in [2.24, 2.45) is 5.10 Å². The molecule has 0 aromatic heterocycles.